The molecule has 0 bridgehead atoms. The lowest BCUT2D eigenvalue weighted by Crippen LogP contribution is -2.56. The van der Waals surface area contributed by atoms with Crippen LogP contribution in [0.2, 0.25) is 0 Å². The van der Waals surface area contributed by atoms with Crippen molar-refractivity contribution in [1.29, 1.82) is 0 Å². The van der Waals surface area contributed by atoms with E-state index in [-0.39, 0.29) is 0 Å². The summed E-state index contributed by atoms with van der Waals surface area (Å²) in [6, 6.07) is 1.65. The number of piperidine rings is 1. The first kappa shape index (κ1) is 9.47. The molecule has 13 heavy (non-hydrogen) atoms. The fraction of sp³-hybridized carbons (Fsp3) is 1.00. The van der Waals surface area contributed by atoms with Gasteiger partial charge in [0.2, 0.25) is 0 Å². The minimum atomic E-state index is 0.779. The topological polar surface area (TPSA) is 6.48 Å². The van der Waals surface area contributed by atoms with Crippen molar-refractivity contribution < 1.29 is 0 Å². The van der Waals surface area contributed by atoms with Crippen molar-refractivity contribution in [3.05, 3.63) is 0 Å². The second kappa shape index (κ2) is 3.58. The van der Waals surface area contributed by atoms with Crippen molar-refractivity contribution in [2.45, 2.75) is 38.8 Å². The summed E-state index contributed by atoms with van der Waals surface area (Å²) in [7, 11) is 2.26. The van der Waals surface area contributed by atoms with E-state index in [9.17, 15) is 0 Å². The van der Waals surface area contributed by atoms with E-state index in [1.807, 2.05) is 0 Å². The van der Waals surface area contributed by atoms with Gasteiger partial charge in [-0.25, -0.2) is 0 Å². The molecule has 3 unspecified atom stereocenters. The number of likely N-dealkylation sites (tertiary alicyclic amines) is 2. The molecule has 2 heteroatoms. The molecule has 2 aliphatic rings. The normalized spacial score (nSPS) is 43.2. The van der Waals surface area contributed by atoms with Crippen LogP contribution in [-0.2, 0) is 0 Å². The quantitative estimate of drug-likeness (QED) is 0.605. The third-order valence-corrected chi connectivity index (χ3v) is 3.93. The molecule has 2 rings (SSSR count). The van der Waals surface area contributed by atoms with Crippen LogP contribution in [0.5, 0.6) is 0 Å². The molecule has 76 valence electrons. The van der Waals surface area contributed by atoms with Crippen molar-refractivity contribution >= 4 is 0 Å². The largest absolute Gasteiger partial charge is 0.303 e. The van der Waals surface area contributed by atoms with Gasteiger partial charge < -0.3 is 4.90 Å². The molecule has 0 aliphatic carbocycles. The van der Waals surface area contributed by atoms with Crippen LogP contribution in [0.1, 0.15) is 26.7 Å². The second-order valence-corrected chi connectivity index (χ2v) is 4.96. The van der Waals surface area contributed by atoms with E-state index in [1.165, 1.54) is 32.5 Å². The summed E-state index contributed by atoms with van der Waals surface area (Å²) in [6.07, 6.45) is 2.80. The lowest BCUT2D eigenvalue weighted by atomic mass is 9.87. The Morgan fingerprint density at radius 2 is 1.85 bits per heavy atom. The first-order chi connectivity index (χ1) is 6.18. The average Bonchev–Trinajstić information content (AvgIpc) is 1.96. The van der Waals surface area contributed by atoms with Crippen LogP contribution in [0.4, 0.5) is 0 Å². The molecule has 0 N–H and O–H groups in total. The molecule has 0 radical (unpaired) electrons. The molecule has 2 aliphatic heterocycles. The highest BCUT2D eigenvalue weighted by molar-refractivity contribution is 4.90. The molecule has 2 saturated heterocycles. The Bertz CT molecular complexity index is 177. The minimum absolute atomic E-state index is 0.779. The highest BCUT2D eigenvalue weighted by atomic mass is 15.2. The number of rotatable bonds is 1. The summed E-state index contributed by atoms with van der Waals surface area (Å²) < 4.78 is 0. The Balaban J connectivity index is 1.94. The Hall–Kier alpha value is -0.0800. The smallest absolute Gasteiger partial charge is 0.0148 e. The Morgan fingerprint density at radius 3 is 2.38 bits per heavy atom. The van der Waals surface area contributed by atoms with Crippen molar-refractivity contribution in [3.63, 3.8) is 0 Å². The van der Waals surface area contributed by atoms with Gasteiger partial charge in [-0.3, -0.25) is 4.90 Å². The summed E-state index contributed by atoms with van der Waals surface area (Å²) in [6.45, 7) is 8.75. The van der Waals surface area contributed by atoms with Crippen molar-refractivity contribution in [2.75, 3.05) is 26.7 Å². The fourth-order valence-electron chi connectivity index (χ4n) is 2.70. The van der Waals surface area contributed by atoms with Crippen LogP contribution < -0.4 is 0 Å². The SMILES string of the molecule is CC1CN(C)C(C)CC1N1CCC1. The van der Waals surface area contributed by atoms with Gasteiger partial charge in [0.15, 0.2) is 0 Å². The van der Waals surface area contributed by atoms with E-state index in [0.717, 1.165) is 18.0 Å². The third-order valence-electron chi connectivity index (χ3n) is 3.93. The Labute approximate surface area is 81.9 Å². The highest BCUT2D eigenvalue weighted by Crippen LogP contribution is 2.28. The van der Waals surface area contributed by atoms with Gasteiger partial charge in [0.1, 0.15) is 0 Å². The van der Waals surface area contributed by atoms with Crippen molar-refractivity contribution in [2.24, 2.45) is 5.92 Å². The van der Waals surface area contributed by atoms with Gasteiger partial charge in [-0.1, -0.05) is 6.92 Å². The first-order valence-corrected chi connectivity index (χ1v) is 5.63. The minimum Gasteiger partial charge on any atom is -0.303 e. The molecule has 0 aromatic carbocycles. The van der Waals surface area contributed by atoms with E-state index in [0.29, 0.717) is 0 Å². The Kier molecular flexibility index (Phi) is 2.61. The summed E-state index contributed by atoms with van der Waals surface area (Å²) in [5.41, 5.74) is 0. The molecule has 0 aromatic rings. The van der Waals surface area contributed by atoms with Gasteiger partial charge in [0.25, 0.3) is 0 Å². The first-order valence-electron chi connectivity index (χ1n) is 5.63. The van der Waals surface area contributed by atoms with E-state index in [1.54, 1.807) is 0 Å². The standard InChI is InChI=1S/C11H22N2/c1-9-8-12(3)10(2)7-11(9)13-5-4-6-13/h9-11H,4-8H2,1-3H3. The summed E-state index contributed by atoms with van der Waals surface area (Å²) >= 11 is 0. The van der Waals surface area contributed by atoms with E-state index >= 15 is 0 Å². The van der Waals surface area contributed by atoms with Crippen LogP contribution >= 0.6 is 0 Å². The predicted molar refractivity (Wildman–Crippen MR) is 55.9 cm³/mol. The molecule has 0 amide bonds. The molecule has 0 spiro atoms. The van der Waals surface area contributed by atoms with Gasteiger partial charge >= 0.3 is 0 Å². The van der Waals surface area contributed by atoms with Crippen LogP contribution in [0, 0.1) is 5.92 Å². The number of hydrogen-bond donors (Lipinski definition) is 0. The zero-order valence-electron chi connectivity index (χ0n) is 9.16. The third kappa shape index (κ3) is 1.75. The number of hydrogen-bond acceptors (Lipinski definition) is 2. The molecule has 0 aromatic heterocycles. The molecule has 2 nitrogen and oxygen atoms in total. The van der Waals surface area contributed by atoms with Crippen molar-refractivity contribution in [3.8, 4) is 0 Å². The maximum absolute atomic E-state index is 2.67. The summed E-state index contributed by atoms with van der Waals surface area (Å²) in [5.74, 6) is 0.862. The average molecular weight is 182 g/mol. The molecule has 0 saturated carbocycles. The number of nitrogens with zero attached hydrogens (tertiary/aromatic N) is 2. The van der Waals surface area contributed by atoms with Crippen LogP contribution in [0.15, 0.2) is 0 Å². The lowest BCUT2D eigenvalue weighted by Gasteiger charge is -2.48. The van der Waals surface area contributed by atoms with Gasteiger partial charge in [0, 0.05) is 18.6 Å². The molecule has 3 atom stereocenters. The van der Waals surface area contributed by atoms with E-state index < -0.39 is 0 Å². The van der Waals surface area contributed by atoms with Gasteiger partial charge in [-0.2, -0.15) is 0 Å². The maximum Gasteiger partial charge on any atom is 0.0148 e. The lowest BCUT2D eigenvalue weighted by molar-refractivity contribution is 0.0130. The molecule has 2 heterocycles. The van der Waals surface area contributed by atoms with Gasteiger partial charge in [-0.05, 0) is 45.8 Å². The van der Waals surface area contributed by atoms with Crippen LogP contribution in [-0.4, -0.2) is 48.6 Å². The monoisotopic (exact) mass is 182 g/mol. The molecule has 2 fully saturated rings. The van der Waals surface area contributed by atoms with Crippen LogP contribution in [0.3, 0.4) is 0 Å². The predicted octanol–water partition coefficient (Wildman–Crippen LogP) is 1.42. The van der Waals surface area contributed by atoms with E-state index in [2.05, 4.69) is 30.7 Å². The van der Waals surface area contributed by atoms with E-state index in [4.69, 9.17) is 0 Å². The molecular weight excluding hydrogens is 160 g/mol. The second-order valence-electron chi connectivity index (χ2n) is 4.96. The molecular formula is C11H22N2. The summed E-state index contributed by atoms with van der Waals surface area (Å²) in [5, 5.41) is 0. The van der Waals surface area contributed by atoms with Crippen LogP contribution in [0.25, 0.3) is 0 Å². The van der Waals surface area contributed by atoms with Gasteiger partial charge in [-0.15, -0.1) is 0 Å². The van der Waals surface area contributed by atoms with Gasteiger partial charge in [0.05, 0.1) is 0 Å². The summed E-state index contributed by atoms with van der Waals surface area (Å²) in [4.78, 5) is 5.18. The zero-order chi connectivity index (χ0) is 9.42. The Morgan fingerprint density at radius 1 is 1.15 bits per heavy atom. The van der Waals surface area contributed by atoms with Crippen molar-refractivity contribution in [1.82, 2.24) is 9.80 Å². The zero-order valence-corrected chi connectivity index (χ0v) is 9.16. The highest BCUT2D eigenvalue weighted by Gasteiger charge is 2.34. The fourth-order valence-corrected chi connectivity index (χ4v) is 2.70. The maximum atomic E-state index is 2.67.